The van der Waals surface area contributed by atoms with Gasteiger partial charge in [0.15, 0.2) is 0 Å². The second kappa shape index (κ2) is 7.34. The summed E-state index contributed by atoms with van der Waals surface area (Å²) in [6, 6.07) is 0. The van der Waals surface area contributed by atoms with E-state index in [4.69, 9.17) is 34.8 Å². The van der Waals surface area contributed by atoms with Crippen molar-refractivity contribution in [1.82, 2.24) is 0 Å². The van der Waals surface area contributed by atoms with Crippen LogP contribution in [0.15, 0.2) is 3.77 Å². The molecule has 0 amide bonds. The first-order valence-corrected chi connectivity index (χ1v) is 12.3. The number of alkyl halides is 3. The van der Waals surface area contributed by atoms with E-state index in [-0.39, 0.29) is 16.0 Å². The summed E-state index contributed by atoms with van der Waals surface area (Å²) in [6.45, 7) is 0. The summed E-state index contributed by atoms with van der Waals surface area (Å²) in [5.74, 6) is 0. The van der Waals surface area contributed by atoms with Gasteiger partial charge in [0.25, 0.3) is 10.0 Å². The van der Waals surface area contributed by atoms with Crippen LogP contribution in [0.4, 0.5) is 0 Å². The summed E-state index contributed by atoms with van der Waals surface area (Å²) in [5, 5.41) is -1.57. The topological polar surface area (TPSA) is 63.6 Å². The second-order valence-corrected chi connectivity index (χ2v) is 12.7. The van der Waals surface area contributed by atoms with E-state index in [0.29, 0.717) is 32.1 Å². The molecule has 2 saturated carbocycles. The predicted molar refractivity (Wildman–Crippen MR) is 94.2 cm³/mol. The van der Waals surface area contributed by atoms with E-state index < -0.39 is 30.4 Å². The number of nitrogens with zero attached hydrogens (tertiary/aromatic N) is 1. The third-order valence-electron chi connectivity index (χ3n) is 4.51. The number of hydrogen-bond donors (Lipinski definition) is 0. The molecule has 0 N–H and O–H groups in total. The van der Waals surface area contributed by atoms with Crippen LogP contribution in [-0.4, -0.2) is 45.5 Å². The summed E-state index contributed by atoms with van der Waals surface area (Å²) in [4.78, 5) is 0. The van der Waals surface area contributed by atoms with Gasteiger partial charge in [-0.1, -0.05) is 0 Å². The van der Waals surface area contributed by atoms with Crippen molar-refractivity contribution in [2.24, 2.45) is 3.77 Å². The van der Waals surface area contributed by atoms with Crippen molar-refractivity contribution in [3.05, 3.63) is 0 Å². The summed E-state index contributed by atoms with van der Waals surface area (Å²) in [6.07, 6.45) is 5.66. The minimum atomic E-state index is -3.85. The highest BCUT2D eigenvalue weighted by atomic mass is 35.5. The van der Waals surface area contributed by atoms with Gasteiger partial charge in [-0.15, -0.1) is 38.6 Å². The molecule has 0 heterocycles. The molecular weight excluding hydrogens is 389 g/mol. The van der Waals surface area contributed by atoms with Crippen LogP contribution in [0, 0.1) is 0 Å². The molecule has 0 bridgehead atoms. The van der Waals surface area contributed by atoms with Crippen LogP contribution in [0.1, 0.15) is 44.9 Å². The van der Waals surface area contributed by atoms with Gasteiger partial charge in [-0.25, -0.2) is 12.6 Å². The Bertz CT molecular complexity index is 608. The Balaban J connectivity index is 2.20. The third-order valence-corrected chi connectivity index (χ3v) is 11.0. The van der Waals surface area contributed by atoms with Crippen molar-refractivity contribution in [3.8, 4) is 0 Å². The van der Waals surface area contributed by atoms with Crippen molar-refractivity contribution in [2.45, 2.75) is 71.6 Å². The van der Waals surface area contributed by atoms with Crippen LogP contribution < -0.4 is 0 Å². The molecule has 0 spiro atoms. The highest BCUT2D eigenvalue weighted by Crippen LogP contribution is 2.34. The Morgan fingerprint density at radius 1 is 0.864 bits per heavy atom. The minimum absolute atomic E-state index is 0.0919. The Morgan fingerprint density at radius 3 is 1.95 bits per heavy atom. The number of rotatable bonds is 3. The predicted octanol–water partition coefficient (Wildman–Crippen LogP) is 3.73. The minimum Gasteiger partial charge on any atom is -0.249 e. The molecule has 0 aromatic heterocycles. The SMILES string of the molecule is CS(=O)(=NS(=O)(=O)C1CCC(Cl)CC1Cl)C1CCC(Cl)CC1. The summed E-state index contributed by atoms with van der Waals surface area (Å²) >= 11 is 18.2. The maximum absolute atomic E-state index is 12.8. The van der Waals surface area contributed by atoms with Gasteiger partial charge in [0.2, 0.25) is 0 Å². The lowest BCUT2D eigenvalue weighted by Crippen LogP contribution is -2.37. The van der Waals surface area contributed by atoms with Crippen molar-refractivity contribution in [3.63, 3.8) is 0 Å². The molecule has 2 fully saturated rings. The molecule has 0 aromatic rings. The Hall–Kier alpha value is 0.770. The molecule has 2 rings (SSSR count). The standard InChI is InChI=1S/C13H22Cl3NO3S2/c1-21(18,11-5-2-9(14)3-6-11)17-22(19,20)13-7-4-10(15)8-12(13)16/h9-13H,2-8H2,1H3. The normalized spacial score (nSPS) is 39.9. The lowest BCUT2D eigenvalue weighted by atomic mass is 9.99. The molecule has 4 atom stereocenters. The summed E-state index contributed by atoms with van der Waals surface area (Å²) in [7, 11) is -6.66. The molecule has 4 nitrogen and oxygen atoms in total. The molecule has 22 heavy (non-hydrogen) atoms. The first-order chi connectivity index (χ1) is 10.1. The van der Waals surface area contributed by atoms with E-state index in [2.05, 4.69) is 3.77 Å². The summed E-state index contributed by atoms with van der Waals surface area (Å²) in [5.41, 5.74) is 0. The van der Waals surface area contributed by atoms with Crippen molar-refractivity contribution in [1.29, 1.82) is 0 Å². The van der Waals surface area contributed by atoms with E-state index in [0.717, 1.165) is 12.8 Å². The van der Waals surface area contributed by atoms with Crippen LogP contribution >= 0.6 is 34.8 Å². The molecule has 0 aliphatic heterocycles. The average Bonchev–Trinajstić information content (AvgIpc) is 2.37. The summed E-state index contributed by atoms with van der Waals surface area (Å²) < 4.78 is 41.7. The second-order valence-electron chi connectivity index (χ2n) is 6.29. The van der Waals surface area contributed by atoms with Crippen molar-refractivity contribution in [2.75, 3.05) is 6.26 Å². The van der Waals surface area contributed by atoms with Gasteiger partial charge < -0.3 is 0 Å². The first-order valence-electron chi connectivity index (χ1n) is 7.50. The Morgan fingerprint density at radius 2 is 1.41 bits per heavy atom. The molecular formula is C13H22Cl3NO3S2. The number of halogens is 3. The van der Waals surface area contributed by atoms with Gasteiger partial charge in [-0.05, 0) is 44.9 Å². The molecule has 0 aromatic carbocycles. The van der Waals surface area contributed by atoms with E-state index in [1.807, 2.05) is 0 Å². The fraction of sp³-hybridized carbons (Fsp3) is 1.00. The molecule has 4 unspecified atom stereocenters. The van der Waals surface area contributed by atoms with Crippen LogP contribution in [-0.2, 0) is 19.8 Å². The van der Waals surface area contributed by atoms with Gasteiger partial charge in [0.05, 0.1) is 20.4 Å². The average molecular weight is 411 g/mol. The van der Waals surface area contributed by atoms with Crippen molar-refractivity contribution >= 4 is 54.6 Å². The van der Waals surface area contributed by atoms with Gasteiger partial charge >= 0.3 is 0 Å². The van der Waals surface area contributed by atoms with Gasteiger partial charge in [0.1, 0.15) is 0 Å². The molecule has 0 saturated heterocycles. The van der Waals surface area contributed by atoms with E-state index >= 15 is 0 Å². The largest absolute Gasteiger partial charge is 0.265 e. The monoisotopic (exact) mass is 409 g/mol. The highest BCUT2D eigenvalue weighted by Gasteiger charge is 2.39. The van der Waals surface area contributed by atoms with Crippen LogP contribution in [0.2, 0.25) is 0 Å². The van der Waals surface area contributed by atoms with Crippen LogP contribution in [0.25, 0.3) is 0 Å². The maximum atomic E-state index is 12.8. The Kier molecular flexibility index (Phi) is 6.37. The third kappa shape index (κ3) is 4.65. The lowest BCUT2D eigenvalue weighted by Gasteiger charge is -2.29. The van der Waals surface area contributed by atoms with E-state index in [9.17, 15) is 12.6 Å². The quantitative estimate of drug-likeness (QED) is 0.666. The first kappa shape index (κ1) is 19.1. The van der Waals surface area contributed by atoms with Gasteiger partial charge in [0, 0.05) is 22.3 Å². The molecule has 0 radical (unpaired) electrons. The zero-order chi connectivity index (χ0) is 16.5. The lowest BCUT2D eigenvalue weighted by molar-refractivity contribution is 0.494. The number of sulfonamides is 1. The van der Waals surface area contributed by atoms with Crippen LogP contribution in [0.3, 0.4) is 0 Å². The number of hydrogen-bond acceptors (Lipinski definition) is 3. The highest BCUT2D eigenvalue weighted by molar-refractivity contribution is 8.03. The van der Waals surface area contributed by atoms with E-state index in [1.54, 1.807) is 0 Å². The van der Waals surface area contributed by atoms with Crippen molar-refractivity contribution < 1.29 is 12.6 Å². The molecule has 130 valence electrons. The Labute approximate surface area is 148 Å². The fourth-order valence-corrected chi connectivity index (χ4v) is 9.19. The maximum Gasteiger partial charge on any atom is 0.265 e. The zero-order valence-corrected chi connectivity index (χ0v) is 16.4. The van der Waals surface area contributed by atoms with E-state index in [1.165, 1.54) is 6.26 Å². The molecule has 9 heteroatoms. The van der Waals surface area contributed by atoms with Gasteiger partial charge in [-0.3, -0.25) is 0 Å². The zero-order valence-electron chi connectivity index (χ0n) is 12.5. The smallest absolute Gasteiger partial charge is 0.249 e. The van der Waals surface area contributed by atoms with Crippen LogP contribution in [0.5, 0.6) is 0 Å². The van der Waals surface area contributed by atoms with Gasteiger partial charge in [-0.2, -0.15) is 0 Å². The fourth-order valence-electron chi connectivity index (χ4n) is 3.16. The molecule has 2 aliphatic carbocycles. The molecule has 2 aliphatic rings.